The zero-order valence-corrected chi connectivity index (χ0v) is 9.44. The second-order valence-corrected chi connectivity index (χ2v) is 5.10. The van der Waals surface area contributed by atoms with Crippen molar-refractivity contribution in [3.63, 3.8) is 0 Å². The number of H-pyrrole nitrogens is 1. The molecule has 0 radical (unpaired) electrons. The molecule has 14 heavy (non-hydrogen) atoms. The van der Waals surface area contributed by atoms with Crippen LogP contribution in [0, 0.1) is 13.8 Å². The van der Waals surface area contributed by atoms with Crippen LogP contribution < -0.4 is 4.72 Å². The predicted molar refractivity (Wildman–Crippen MR) is 54.3 cm³/mol. The van der Waals surface area contributed by atoms with Gasteiger partial charge in [-0.15, -0.1) is 0 Å². The van der Waals surface area contributed by atoms with E-state index in [2.05, 4.69) is 14.9 Å². The van der Waals surface area contributed by atoms with Gasteiger partial charge in [-0.05, 0) is 13.8 Å². The van der Waals surface area contributed by atoms with Crippen molar-refractivity contribution < 1.29 is 8.42 Å². The Kier molecular flexibility index (Phi) is 2.81. The Labute approximate surface area is 83.5 Å². The number of aromatic amines is 1. The Hall–Kier alpha value is -1.08. The lowest BCUT2D eigenvalue weighted by atomic mass is 10.3. The Morgan fingerprint density at radius 2 is 1.93 bits per heavy atom. The van der Waals surface area contributed by atoms with Crippen molar-refractivity contribution in [2.24, 2.45) is 0 Å². The standard InChI is InChI=1S/C7H14N4O2S/c1-5-6(2)8-9-7(5)10-14(12,13)11(3)4/h1-4H3,(H2,8,9,10). The molecule has 2 N–H and O–H groups in total. The van der Waals surface area contributed by atoms with Crippen molar-refractivity contribution >= 4 is 16.0 Å². The van der Waals surface area contributed by atoms with Gasteiger partial charge in [-0.1, -0.05) is 0 Å². The highest BCUT2D eigenvalue weighted by atomic mass is 32.2. The summed E-state index contributed by atoms with van der Waals surface area (Å²) >= 11 is 0. The van der Waals surface area contributed by atoms with Crippen LogP contribution in [0.25, 0.3) is 0 Å². The molecule has 0 aliphatic heterocycles. The topological polar surface area (TPSA) is 78.1 Å². The van der Waals surface area contributed by atoms with Gasteiger partial charge in [0.25, 0.3) is 0 Å². The summed E-state index contributed by atoms with van der Waals surface area (Å²) in [5, 5.41) is 6.54. The van der Waals surface area contributed by atoms with Gasteiger partial charge in [0.2, 0.25) is 0 Å². The smallest absolute Gasteiger partial charge is 0.280 e. The fourth-order valence-corrected chi connectivity index (χ4v) is 1.42. The monoisotopic (exact) mass is 218 g/mol. The first-order valence-electron chi connectivity index (χ1n) is 4.06. The van der Waals surface area contributed by atoms with E-state index in [-0.39, 0.29) is 0 Å². The average Bonchev–Trinajstić information content (AvgIpc) is 2.35. The van der Waals surface area contributed by atoms with Gasteiger partial charge in [0.05, 0.1) is 0 Å². The number of hydrogen-bond donors (Lipinski definition) is 2. The number of rotatable bonds is 3. The third-order valence-electron chi connectivity index (χ3n) is 1.96. The van der Waals surface area contributed by atoms with Crippen LogP contribution >= 0.6 is 0 Å². The zero-order chi connectivity index (χ0) is 10.9. The highest BCUT2D eigenvalue weighted by molar-refractivity contribution is 7.90. The van der Waals surface area contributed by atoms with Gasteiger partial charge >= 0.3 is 10.2 Å². The van der Waals surface area contributed by atoms with Crippen LogP contribution in [0.5, 0.6) is 0 Å². The average molecular weight is 218 g/mol. The molecule has 0 unspecified atom stereocenters. The number of nitrogens with one attached hydrogen (secondary N) is 2. The molecular weight excluding hydrogens is 204 g/mol. The van der Waals surface area contributed by atoms with Gasteiger partial charge in [0.15, 0.2) is 5.82 Å². The highest BCUT2D eigenvalue weighted by Gasteiger charge is 2.16. The third-order valence-corrected chi connectivity index (χ3v) is 3.37. The summed E-state index contributed by atoms with van der Waals surface area (Å²) in [7, 11) is -0.549. The fourth-order valence-electron chi connectivity index (χ4n) is 0.798. The summed E-state index contributed by atoms with van der Waals surface area (Å²) in [6.45, 7) is 3.63. The van der Waals surface area contributed by atoms with E-state index in [1.54, 1.807) is 6.92 Å². The summed E-state index contributed by atoms with van der Waals surface area (Å²) in [5.74, 6) is 0.344. The van der Waals surface area contributed by atoms with E-state index in [0.717, 1.165) is 15.6 Å². The van der Waals surface area contributed by atoms with Gasteiger partial charge in [0.1, 0.15) is 0 Å². The van der Waals surface area contributed by atoms with Crippen molar-refractivity contribution in [2.75, 3.05) is 18.8 Å². The Morgan fingerprint density at radius 3 is 2.29 bits per heavy atom. The van der Waals surface area contributed by atoms with Crippen LogP contribution in [0.2, 0.25) is 0 Å². The first-order valence-corrected chi connectivity index (χ1v) is 5.50. The van der Waals surface area contributed by atoms with Crippen LogP contribution in [0.1, 0.15) is 11.3 Å². The summed E-state index contributed by atoms with van der Waals surface area (Å²) in [5.41, 5.74) is 1.65. The van der Waals surface area contributed by atoms with Crippen LogP contribution in [0.4, 0.5) is 5.82 Å². The molecule has 0 spiro atoms. The van der Waals surface area contributed by atoms with E-state index < -0.39 is 10.2 Å². The van der Waals surface area contributed by atoms with Crippen molar-refractivity contribution in [1.82, 2.24) is 14.5 Å². The van der Waals surface area contributed by atoms with E-state index in [0.29, 0.717) is 5.82 Å². The molecule has 0 aromatic carbocycles. The molecule has 0 atom stereocenters. The van der Waals surface area contributed by atoms with E-state index in [1.807, 2.05) is 6.92 Å². The first-order chi connectivity index (χ1) is 6.34. The van der Waals surface area contributed by atoms with Crippen molar-refractivity contribution in [3.05, 3.63) is 11.3 Å². The van der Waals surface area contributed by atoms with Crippen LogP contribution in [-0.2, 0) is 10.2 Å². The molecule has 0 bridgehead atoms. The molecule has 6 nitrogen and oxygen atoms in total. The van der Waals surface area contributed by atoms with Crippen molar-refractivity contribution in [1.29, 1.82) is 0 Å². The number of hydrogen-bond acceptors (Lipinski definition) is 3. The second-order valence-electron chi connectivity index (χ2n) is 3.21. The molecule has 0 fully saturated rings. The minimum atomic E-state index is -3.46. The molecule has 1 aromatic rings. The molecule has 1 aromatic heterocycles. The SMILES string of the molecule is Cc1[nH]nc(NS(=O)(=O)N(C)C)c1C. The molecular formula is C7H14N4O2S. The van der Waals surface area contributed by atoms with Gasteiger partial charge in [-0.3, -0.25) is 9.82 Å². The van der Waals surface area contributed by atoms with Gasteiger partial charge in [-0.2, -0.15) is 17.8 Å². The quantitative estimate of drug-likeness (QED) is 0.763. The summed E-state index contributed by atoms with van der Waals surface area (Å²) in [4.78, 5) is 0. The van der Waals surface area contributed by atoms with Crippen molar-refractivity contribution in [2.45, 2.75) is 13.8 Å². The number of aryl methyl sites for hydroxylation is 1. The van der Waals surface area contributed by atoms with Gasteiger partial charge in [-0.25, -0.2) is 0 Å². The largest absolute Gasteiger partial charge is 0.302 e. The molecule has 0 aliphatic rings. The third kappa shape index (κ3) is 2.05. The fraction of sp³-hybridized carbons (Fsp3) is 0.571. The van der Waals surface area contributed by atoms with Crippen LogP contribution in [0.3, 0.4) is 0 Å². The molecule has 0 aliphatic carbocycles. The molecule has 0 amide bonds. The number of aromatic nitrogens is 2. The normalized spacial score (nSPS) is 12.1. The number of nitrogens with zero attached hydrogens (tertiary/aromatic N) is 2. The minimum Gasteiger partial charge on any atom is -0.280 e. The first kappa shape index (κ1) is 11.0. The molecule has 1 rings (SSSR count). The number of anilines is 1. The maximum atomic E-state index is 11.4. The van der Waals surface area contributed by atoms with E-state index in [4.69, 9.17) is 0 Å². The molecule has 1 heterocycles. The van der Waals surface area contributed by atoms with Crippen LogP contribution in [0.15, 0.2) is 0 Å². The van der Waals surface area contributed by atoms with Gasteiger partial charge < -0.3 is 0 Å². The summed E-state index contributed by atoms with van der Waals surface area (Å²) < 4.78 is 26.3. The summed E-state index contributed by atoms with van der Waals surface area (Å²) in [6.07, 6.45) is 0. The maximum Gasteiger partial charge on any atom is 0.302 e. The van der Waals surface area contributed by atoms with E-state index in [1.165, 1.54) is 14.1 Å². The Balaban J connectivity index is 2.96. The van der Waals surface area contributed by atoms with E-state index >= 15 is 0 Å². The predicted octanol–water partition coefficient (Wildman–Crippen LogP) is 0.245. The second kappa shape index (κ2) is 3.58. The maximum absolute atomic E-state index is 11.4. The molecule has 0 saturated carbocycles. The Bertz CT molecular complexity index is 421. The van der Waals surface area contributed by atoms with E-state index in [9.17, 15) is 8.42 Å². The Morgan fingerprint density at radius 1 is 1.36 bits per heavy atom. The zero-order valence-electron chi connectivity index (χ0n) is 8.62. The minimum absolute atomic E-state index is 0.344. The molecule has 0 saturated heterocycles. The highest BCUT2D eigenvalue weighted by Crippen LogP contribution is 2.15. The lowest BCUT2D eigenvalue weighted by Crippen LogP contribution is -2.29. The lowest BCUT2D eigenvalue weighted by Gasteiger charge is -2.11. The van der Waals surface area contributed by atoms with Crippen LogP contribution in [-0.4, -0.2) is 37.0 Å². The lowest BCUT2D eigenvalue weighted by molar-refractivity contribution is 0.526. The van der Waals surface area contributed by atoms with Crippen molar-refractivity contribution in [3.8, 4) is 0 Å². The van der Waals surface area contributed by atoms with Gasteiger partial charge in [0, 0.05) is 25.4 Å². The molecule has 7 heteroatoms. The molecule has 80 valence electrons. The summed E-state index contributed by atoms with van der Waals surface area (Å²) in [6, 6.07) is 0.